The van der Waals surface area contributed by atoms with E-state index in [1.54, 1.807) is 0 Å². The van der Waals surface area contributed by atoms with Crippen LogP contribution in [0.1, 0.15) is 11.1 Å². The molecule has 0 bridgehead atoms. The normalized spacial score (nSPS) is 13.5. The highest BCUT2D eigenvalue weighted by molar-refractivity contribution is 6.67. The van der Waals surface area contributed by atoms with E-state index >= 15 is 0 Å². The van der Waals surface area contributed by atoms with Crippen LogP contribution in [0.15, 0.2) is 42.5 Å². The molecule has 1 aliphatic rings. The minimum Gasteiger partial charge on any atom is -0.457 e. The van der Waals surface area contributed by atoms with Crippen molar-refractivity contribution in [3.05, 3.63) is 53.6 Å². The van der Waals surface area contributed by atoms with Gasteiger partial charge in [-0.15, -0.1) is 0 Å². The summed E-state index contributed by atoms with van der Waals surface area (Å²) in [4.78, 5) is 0. The molecule has 96 valence electrons. The molecule has 1 aliphatic heterocycles. The molecule has 2 aromatic rings. The summed E-state index contributed by atoms with van der Waals surface area (Å²) in [6.45, 7) is 2.93. The lowest BCUT2D eigenvalue weighted by atomic mass is 9.64. The monoisotopic (exact) mass is 254 g/mol. The maximum absolute atomic E-state index is 8.99. The fourth-order valence-electron chi connectivity index (χ4n) is 2.27. The molecule has 0 spiro atoms. The summed E-state index contributed by atoms with van der Waals surface area (Å²) in [6, 6.07) is 13.5. The van der Waals surface area contributed by atoms with Crippen LogP contribution in [0.4, 0.5) is 0 Å². The van der Waals surface area contributed by atoms with E-state index in [9.17, 15) is 0 Å². The molecule has 3 rings (SSSR count). The smallest absolute Gasteiger partial charge is 0.324 e. The van der Waals surface area contributed by atoms with E-state index in [1.807, 2.05) is 36.4 Å². The summed E-state index contributed by atoms with van der Waals surface area (Å²) >= 11 is 0. The number of hydrogen-bond donors (Lipinski definition) is 1. The van der Waals surface area contributed by atoms with Crippen LogP contribution in [0.3, 0.4) is 0 Å². The van der Waals surface area contributed by atoms with Gasteiger partial charge in [0.25, 0.3) is 0 Å². The van der Waals surface area contributed by atoms with Crippen LogP contribution in [0, 0.1) is 0 Å². The predicted octanol–water partition coefficient (Wildman–Crippen LogP) is 2.33. The van der Waals surface area contributed by atoms with Crippen molar-refractivity contribution in [2.75, 3.05) is 0 Å². The van der Waals surface area contributed by atoms with Crippen molar-refractivity contribution in [3.63, 3.8) is 0 Å². The Hall–Kier alpha value is -1.78. The van der Waals surface area contributed by atoms with Gasteiger partial charge in [0, 0.05) is 0 Å². The Bertz CT molecular complexity index is 580. The summed E-state index contributed by atoms with van der Waals surface area (Å²) in [5, 5.41) is 8.99. The van der Waals surface area contributed by atoms with Crippen LogP contribution in [0.25, 0.3) is 0 Å². The largest absolute Gasteiger partial charge is 0.457 e. The molecule has 1 heterocycles. The van der Waals surface area contributed by atoms with Crippen LogP contribution in [-0.4, -0.2) is 12.0 Å². The fraction of sp³-hybridized carbons (Fsp3) is 0.200. The zero-order valence-electron chi connectivity index (χ0n) is 10.8. The molecule has 0 unspecified atom stereocenters. The van der Waals surface area contributed by atoms with Crippen molar-refractivity contribution in [1.29, 1.82) is 0 Å². The van der Waals surface area contributed by atoms with E-state index in [4.69, 9.17) is 14.5 Å². The molecule has 1 N–H and O–H groups in total. The van der Waals surface area contributed by atoms with E-state index < -0.39 is 0 Å². The number of rotatable bonds is 3. The summed E-state index contributed by atoms with van der Waals surface area (Å²) in [5.41, 5.74) is 3.31. The molecule has 19 heavy (non-hydrogen) atoms. The molecule has 0 saturated heterocycles. The van der Waals surface area contributed by atoms with Crippen LogP contribution in [0.5, 0.6) is 11.5 Å². The zero-order chi connectivity index (χ0) is 13.2. The van der Waals surface area contributed by atoms with Crippen molar-refractivity contribution in [2.24, 2.45) is 0 Å². The molecular formula is C15H15BO3. The van der Waals surface area contributed by atoms with Crippen molar-refractivity contribution in [3.8, 4) is 11.5 Å². The maximum Gasteiger partial charge on any atom is 0.324 e. The molecule has 0 aromatic heterocycles. The van der Waals surface area contributed by atoms with Gasteiger partial charge in [0.1, 0.15) is 11.5 Å². The first-order valence-electron chi connectivity index (χ1n) is 6.38. The SMILES string of the molecule is CB1OCc2cc(Oc3ccc(CO)cc3)ccc21. The van der Waals surface area contributed by atoms with E-state index in [0.29, 0.717) is 6.61 Å². The first kappa shape index (κ1) is 12.3. The first-order valence-corrected chi connectivity index (χ1v) is 6.38. The molecule has 0 atom stereocenters. The lowest BCUT2D eigenvalue weighted by Gasteiger charge is -2.08. The summed E-state index contributed by atoms with van der Waals surface area (Å²) < 4.78 is 11.4. The molecule has 0 aliphatic carbocycles. The molecule has 3 nitrogen and oxygen atoms in total. The number of benzene rings is 2. The van der Waals surface area contributed by atoms with E-state index in [2.05, 4.69) is 12.9 Å². The van der Waals surface area contributed by atoms with Gasteiger partial charge in [0.15, 0.2) is 0 Å². The third-order valence-electron chi connectivity index (χ3n) is 3.38. The van der Waals surface area contributed by atoms with Gasteiger partial charge < -0.3 is 14.5 Å². The van der Waals surface area contributed by atoms with Crippen molar-refractivity contribution < 1.29 is 14.5 Å². The summed E-state index contributed by atoms with van der Waals surface area (Å²) in [7, 11) is 0. The lowest BCUT2D eigenvalue weighted by molar-refractivity contribution is 0.281. The lowest BCUT2D eigenvalue weighted by Crippen LogP contribution is -2.23. The van der Waals surface area contributed by atoms with Gasteiger partial charge in [-0.3, -0.25) is 0 Å². The molecule has 2 aromatic carbocycles. The van der Waals surface area contributed by atoms with Gasteiger partial charge >= 0.3 is 6.92 Å². The van der Waals surface area contributed by atoms with Crippen LogP contribution < -0.4 is 10.2 Å². The Morgan fingerprint density at radius 1 is 1.16 bits per heavy atom. The average molecular weight is 254 g/mol. The second kappa shape index (κ2) is 5.07. The van der Waals surface area contributed by atoms with Gasteiger partial charge in [0.05, 0.1) is 13.2 Å². The second-order valence-corrected chi connectivity index (χ2v) is 4.72. The minimum atomic E-state index is 0.0500. The van der Waals surface area contributed by atoms with Crippen LogP contribution in [-0.2, 0) is 17.9 Å². The van der Waals surface area contributed by atoms with Crippen molar-refractivity contribution in [2.45, 2.75) is 20.0 Å². The minimum absolute atomic E-state index is 0.0500. The van der Waals surface area contributed by atoms with Crippen LogP contribution in [0.2, 0.25) is 6.82 Å². The number of ether oxygens (including phenoxy) is 1. The highest BCUT2D eigenvalue weighted by atomic mass is 16.5. The topological polar surface area (TPSA) is 38.7 Å². The quantitative estimate of drug-likeness (QED) is 0.854. The van der Waals surface area contributed by atoms with E-state index in [0.717, 1.165) is 17.1 Å². The number of aliphatic hydroxyl groups is 1. The molecule has 4 heteroatoms. The number of hydrogen-bond acceptors (Lipinski definition) is 3. The molecule has 0 amide bonds. The Morgan fingerprint density at radius 3 is 2.63 bits per heavy atom. The van der Waals surface area contributed by atoms with Gasteiger partial charge in [0.2, 0.25) is 0 Å². The first-order chi connectivity index (χ1) is 9.26. The number of fused-ring (bicyclic) bond motifs is 1. The van der Waals surface area contributed by atoms with E-state index in [-0.39, 0.29) is 13.5 Å². The van der Waals surface area contributed by atoms with Crippen molar-refractivity contribution in [1.82, 2.24) is 0 Å². The van der Waals surface area contributed by atoms with Gasteiger partial charge in [-0.1, -0.05) is 25.0 Å². The third kappa shape index (κ3) is 2.50. The molecule has 0 radical (unpaired) electrons. The van der Waals surface area contributed by atoms with Crippen LogP contribution >= 0.6 is 0 Å². The Kier molecular flexibility index (Phi) is 3.28. The maximum atomic E-state index is 8.99. The molecule has 0 saturated carbocycles. The Morgan fingerprint density at radius 2 is 1.89 bits per heavy atom. The third-order valence-corrected chi connectivity index (χ3v) is 3.38. The fourth-order valence-corrected chi connectivity index (χ4v) is 2.27. The summed E-state index contributed by atoms with van der Waals surface area (Å²) in [6.07, 6.45) is 0. The molecule has 0 fully saturated rings. The Labute approximate surface area is 112 Å². The van der Waals surface area contributed by atoms with Gasteiger partial charge in [-0.05, 0) is 40.9 Å². The van der Waals surface area contributed by atoms with E-state index in [1.165, 1.54) is 11.0 Å². The highest BCUT2D eigenvalue weighted by Crippen LogP contribution is 2.24. The standard InChI is InChI=1S/C15H15BO3/c1-16-15-7-6-14(8-12(15)10-18-16)19-13-4-2-11(9-17)3-5-13/h2-8,17H,9-10H2,1H3. The molecular weight excluding hydrogens is 239 g/mol. The Balaban J connectivity index is 1.79. The highest BCUT2D eigenvalue weighted by Gasteiger charge is 2.23. The van der Waals surface area contributed by atoms with Crippen molar-refractivity contribution >= 4 is 12.4 Å². The van der Waals surface area contributed by atoms with Gasteiger partial charge in [-0.25, -0.2) is 0 Å². The predicted molar refractivity (Wildman–Crippen MR) is 74.9 cm³/mol. The number of aliphatic hydroxyl groups excluding tert-OH is 1. The zero-order valence-corrected chi connectivity index (χ0v) is 10.8. The second-order valence-electron chi connectivity index (χ2n) is 4.72. The summed E-state index contributed by atoms with van der Waals surface area (Å²) in [5.74, 6) is 1.58. The average Bonchev–Trinajstić information content (AvgIpc) is 2.81. The van der Waals surface area contributed by atoms with Gasteiger partial charge in [-0.2, -0.15) is 0 Å².